The highest BCUT2D eigenvalue weighted by molar-refractivity contribution is 5.58. The Bertz CT molecular complexity index is 467. The average Bonchev–Trinajstić information content (AvgIpc) is 3.15. The zero-order valence-corrected chi connectivity index (χ0v) is 12.4. The number of nitrogens with one attached hydrogen (secondary N) is 2. The predicted octanol–water partition coefficient (Wildman–Crippen LogP) is 2.28. The lowest BCUT2D eigenvalue weighted by atomic mass is 9.98. The maximum atomic E-state index is 9.83. The zero-order chi connectivity index (χ0) is 14.2. The molecule has 1 aromatic heterocycles. The van der Waals surface area contributed by atoms with Crippen LogP contribution in [0.15, 0.2) is 0 Å². The van der Waals surface area contributed by atoms with Gasteiger partial charge in [0.25, 0.3) is 0 Å². The van der Waals surface area contributed by atoms with Crippen molar-refractivity contribution in [3.05, 3.63) is 11.4 Å². The second-order valence-electron chi connectivity index (χ2n) is 5.95. The Morgan fingerprint density at radius 3 is 2.32 bits per heavy atom. The van der Waals surface area contributed by atoms with Crippen molar-refractivity contribution < 1.29 is 5.11 Å². The van der Waals surface area contributed by atoms with E-state index in [1.54, 1.807) is 6.92 Å². The quantitative estimate of drug-likeness (QED) is 0.761. The van der Waals surface area contributed by atoms with Gasteiger partial charge in [-0.2, -0.15) is 0 Å². The first-order chi connectivity index (χ1) is 8.85. The van der Waals surface area contributed by atoms with Gasteiger partial charge in [-0.25, -0.2) is 9.97 Å². The van der Waals surface area contributed by atoms with Crippen LogP contribution in [0.3, 0.4) is 0 Å². The molecule has 1 atom stereocenters. The number of hydrogen-bond acceptors (Lipinski definition) is 5. The van der Waals surface area contributed by atoms with Crippen molar-refractivity contribution in [2.45, 2.75) is 58.1 Å². The topological polar surface area (TPSA) is 70.1 Å². The molecule has 19 heavy (non-hydrogen) atoms. The second-order valence-corrected chi connectivity index (χ2v) is 5.95. The number of aromatic nitrogens is 2. The van der Waals surface area contributed by atoms with Crippen molar-refractivity contribution in [1.82, 2.24) is 9.97 Å². The summed E-state index contributed by atoms with van der Waals surface area (Å²) in [6, 6.07) is 0. The molecule has 5 heteroatoms. The highest BCUT2D eigenvalue weighted by Gasteiger charge is 2.30. The molecule has 1 aromatic rings. The molecule has 3 N–H and O–H groups in total. The average molecular weight is 264 g/mol. The standard InChI is InChI=1S/C14H24N4O/c1-8-11(15-5)16-13(10-6-7-10)17-12(8)18-14(3,4)9(2)19/h9-10,19H,6-7H2,1-5H3,(H2,15,16,17,18). The number of hydrogen-bond donors (Lipinski definition) is 3. The molecule has 0 saturated heterocycles. The van der Waals surface area contributed by atoms with Gasteiger partial charge in [0.1, 0.15) is 17.5 Å². The normalized spacial score (nSPS) is 17.2. The van der Waals surface area contributed by atoms with Gasteiger partial charge in [-0.15, -0.1) is 0 Å². The van der Waals surface area contributed by atoms with Crippen LogP contribution < -0.4 is 10.6 Å². The summed E-state index contributed by atoms with van der Waals surface area (Å²) in [6.45, 7) is 7.71. The summed E-state index contributed by atoms with van der Waals surface area (Å²) in [5.41, 5.74) is 0.561. The predicted molar refractivity (Wildman–Crippen MR) is 77.7 cm³/mol. The SMILES string of the molecule is CNc1nc(C2CC2)nc(NC(C)(C)C(C)O)c1C. The lowest BCUT2D eigenvalue weighted by Gasteiger charge is -2.31. The minimum absolute atomic E-state index is 0.426. The first-order valence-electron chi connectivity index (χ1n) is 6.87. The van der Waals surface area contributed by atoms with Crippen LogP contribution in [-0.2, 0) is 0 Å². The summed E-state index contributed by atoms with van der Waals surface area (Å²) in [7, 11) is 1.87. The van der Waals surface area contributed by atoms with E-state index in [1.807, 2.05) is 27.8 Å². The van der Waals surface area contributed by atoms with Gasteiger partial charge in [0.05, 0.1) is 11.6 Å². The van der Waals surface area contributed by atoms with E-state index >= 15 is 0 Å². The monoisotopic (exact) mass is 264 g/mol. The Morgan fingerprint density at radius 1 is 1.26 bits per heavy atom. The van der Waals surface area contributed by atoms with Crippen LogP contribution in [0, 0.1) is 6.92 Å². The van der Waals surface area contributed by atoms with E-state index in [2.05, 4.69) is 20.6 Å². The fourth-order valence-electron chi connectivity index (χ4n) is 1.83. The molecule has 0 bridgehead atoms. The van der Waals surface area contributed by atoms with Crippen molar-refractivity contribution in [3.63, 3.8) is 0 Å². The maximum absolute atomic E-state index is 9.83. The van der Waals surface area contributed by atoms with Crippen LogP contribution in [0.4, 0.5) is 11.6 Å². The smallest absolute Gasteiger partial charge is 0.136 e. The summed E-state index contributed by atoms with van der Waals surface area (Å²) in [4.78, 5) is 9.20. The molecule has 1 unspecified atom stereocenters. The molecule has 0 aromatic carbocycles. The van der Waals surface area contributed by atoms with Crippen LogP contribution in [-0.4, -0.2) is 33.8 Å². The molecule has 1 aliphatic carbocycles. The minimum Gasteiger partial charge on any atom is -0.391 e. The Hall–Kier alpha value is -1.36. The molecule has 0 radical (unpaired) electrons. The molecule has 1 saturated carbocycles. The molecular weight excluding hydrogens is 240 g/mol. The molecule has 1 heterocycles. The fraction of sp³-hybridized carbons (Fsp3) is 0.714. The molecular formula is C14H24N4O. The van der Waals surface area contributed by atoms with Gasteiger partial charge in [0.15, 0.2) is 0 Å². The van der Waals surface area contributed by atoms with Gasteiger partial charge in [0, 0.05) is 18.5 Å². The van der Waals surface area contributed by atoms with E-state index in [9.17, 15) is 5.11 Å². The summed E-state index contributed by atoms with van der Waals surface area (Å²) in [5, 5.41) is 16.3. The Kier molecular flexibility index (Phi) is 3.67. The molecule has 1 aliphatic rings. The first-order valence-corrected chi connectivity index (χ1v) is 6.87. The summed E-state index contributed by atoms with van der Waals surface area (Å²) in [5.74, 6) is 3.08. The van der Waals surface area contributed by atoms with Crippen LogP contribution in [0.1, 0.15) is 50.9 Å². The first kappa shape index (κ1) is 14.1. The van der Waals surface area contributed by atoms with Crippen molar-refractivity contribution in [1.29, 1.82) is 0 Å². The van der Waals surface area contributed by atoms with E-state index in [1.165, 1.54) is 12.8 Å². The highest BCUT2D eigenvalue weighted by Crippen LogP contribution is 2.39. The van der Waals surface area contributed by atoms with Crippen LogP contribution >= 0.6 is 0 Å². The van der Waals surface area contributed by atoms with Gasteiger partial charge < -0.3 is 15.7 Å². The van der Waals surface area contributed by atoms with Crippen LogP contribution in [0.25, 0.3) is 0 Å². The molecule has 5 nitrogen and oxygen atoms in total. The number of nitrogens with zero attached hydrogens (tertiary/aromatic N) is 2. The number of rotatable bonds is 5. The Morgan fingerprint density at radius 2 is 1.84 bits per heavy atom. The van der Waals surface area contributed by atoms with Crippen molar-refractivity contribution >= 4 is 11.6 Å². The van der Waals surface area contributed by atoms with Crippen LogP contribution in [0.5, 0.6) is 0 Å². The van der Waals surface area contributed by atoms with Gasteiger partial charge in [-0.3, -0.25) is 0 Å². The number of aliphatic hydroxyl groups is 1. The molecule has 0 amide bonds. The van der Waals surface area contributed by atoms with Gasteiger partial charge in [-0.05, 0) is 40.5 Å². The summed E-state index contributed by atoms with van der Waals surface area (Å²) >= 11 is 0. The molecule has 0 spiro atoms. The Balaban J connectivity index is 2.35. The van der Waals surface area contributed by atoms with Gasteiger partial charge >= 0.3 is 0 Å². The summed E-state index contributed by atoms with van der Waals surface area (Å²) in [6.07, 6.45) is 1.88. The number of anilines is 2. The van der Waals surface area contributed by atoms with Crippen LogP contribution in [0.2, 0.25) is 0 Å². The molecule has 0 aliphatic heterocycles. The fourth-order valence-corrected chi connectivity index (χ4v) is 1.83. The third kappa shape index (κ3) is 2.97. The van der Waals surface area contributed by atoms with Crippen molar-refractivity contribution in [2.24, 2.45) is 0 Å². The minimum atomic E-state index is -0.468. The molecule has 2 rings (SSSR count). The van der Waals surface area contributed by atoms with E-state index in [-0.39, 0.29) is 0 Å². The third-order valence-corrected chi connectivity index (χ3v) is 3.83. The van der Waals surface area contributed by atoms with E-state index < -0.39 is 11.6 Å². The Labute approximate surface area is 114 Å². The van der Waals surface area contributed by atoms with Gasteiger partial charge in [-0.1, -0.05) is 0 Å². The zero-order valence-electron chi connectivity index (χ0n) is 12.4. The molecule has 1 fully saturated rings. The lowest BCUT2D eigenvalue weighted by molar-refractivity contribution is 0.133. The van der Waals surface area contributed by atoms with E-state index in [0.717, 1.165) is 23.0 Å². The van der Waals surface area contributed by atoms with E-state index in [0.29, 0.717) is 5.92 Å². The van der Waals surface area contributed by atoms with Crippen molar-refractivity contribution in [3.8, 4) is 0 Å². The lowest BCUT2D eigenvalue weighted by Crippen LogP contribution is -2.42. The summed E-state index contributed by atoms with van der Waals surface area (Å²) < 4.78 is 0. The van der Waals surface area contributed by atoms with Gasteiger partial charge in [0.2, 0.25) is 0 Å². The molecule has 106 valence electrons. The largest absolute Gasteiger partial charge is 0.391 e. The highest BCUT2D eigenvalue weighted by atomic mass is 16.3. The maximum Gasteiger partial charge on any atom is 0.136 e. The van der Waals surface area contributed by atoms with E-state index in [4.69, 9.17) is 0 Å². The number of aliphatic hydroxyl groups excluding tert-OH is 1. The second kappa shape index (κ2) is 4.96. The third-order valence-electron chi connectivity index (χ3n) is 3.83. The van der Waals surface area contributed by atoms with Crippen molar-refractivity contribution in [2.75, 3.05) is 17.7 Å².